The summed E-state index contributed by atoms with van der Waals surface area (Å²) >= 11 is 4.78. The molecule has 0 amide bonds. The lowest BCUT2D eigenvalue weighted by Gasteiger charge is -2.01. The summed E-state index contributed by atoms with van der Waals surface area (Å²) in [5.74, 6) is 0.851. The van der Waals surface area contributed by atoms with Crippen molar-refractivity contribution in [2.75, 3.05) is 0 Å². The molecule has 0 aliphatic carbocycles. The average molecular weight is 184 g/mol. The van der Waals surface area contributed by atoms with Crippen molar-refractivity contribution in [1.29, 1.82) is 0 Å². The van der Waals surface area contributed by atoms with Gasteiger partial charge in [-0.25, -0.2) is 9.67 Å². The monoisotopic (exact) mass is 184 g/mol. The van der Waals surface area contributed by atoms with Crippen LogP contribution in [-0.2, 0) is 13.0 Å². The Morgan fingerprint density at radius 3 is 3.08 bits per heavy atom. The number of hydrogen-bond acceptors (Lipinski definition) is 3. The van der Waals surface area contributed by atoms with Gasteiger partial charge in [0.25, 0.3) is 0 Å². The van der Waals surface area contributed by atoms with Crippen molar-refractivity contribution in [3.05, 3.63) is 12.2 Å². The second-order valence-electron chi connectivity index (χ2n) is 2.54. The number of aryl methyl sites for hydroxylation is 1. The first-order valence-corrected chi connectivity index (χ1v) is 4.30. The Kier molecular flexibility index (Phi) is 3.16. The fourth-order valence-corrected chi connectivity index (χ4v) is 1.11. The van der Waals surface area contributed by atoms with E-state index >= 15 is 0 Å². The van der Waals surface area contributed by atoms with Crippen LogP contribution in [0.2, 0.25) is 0 Å². The first kappa shape index (κ1) is 9.12. The maximum Gasteiger partial charge on any atom is 0.138 e. The predicted octanol–water partition coefficient (Wildman–Crippen LogP) is 0.517. The van der Waals surface area contributed by atoms with Crippen LogP contribution in [0.3, 0.4) is 0 Å². The Balaban J connectivity index is 2.69. The number of nitrogens with two attached hydrogens (primary N) is 1. The third-order valence-electron chi connectivity index (χ3n) is 1.46. The number of nitrogens with zero attached hydrogens (tertiary/aromatic N) is 3. The Labute approximate surface area is 76.8 Å². The number of hydrogen-bond donors (Lipinski definition) is 1. The standard InChI is InChI=1S/C7H12N4S/c1-2-3-11-7(4-6(8)12)9-5-10-11/h5H,2-4H2,1H3,(H2,8,12). The maximum absolute atomic E-state index is 5.40. The number of rotatable bonds is 4. The van der Waals surface area contributed by atoms with Crippen molar-refractivity contribution in [2.24, 2.45) is 5.73 Å². The van der Waals surface area contributed by atoms with Crippen molar-refractivity contribution in [1.82, 2.24) is 14.8 Å². The largest absolute Gasteiger partial charge is 0.393 e. The molecule has 0 saturated carbocycles. The van der Waals surface area contributed by atoms with E-state index in [1.165, 1.54) is 6.33 Å². The molecule has 0 unspecified atom stereocenters. The summed E-state index contributed by atoms with van der Waals surface area (Å²) in [4.78, 5) is 4.52. The van der Waals surface area contributed by atoms with E-state index in [4.69, 9.17) is 18.0 Å². The van der Waals surface area contributed by atoms with Crippen LogP contribution >= 0.6 is 12.2 Å². The molecule has 0 fully saturated rings. The third kappa shape index (κ3) is 2.27. The summed E-state index contributed by atoms with van der Waals surface area (Å²) in [5.41, 5.74) is 5.40. The molecule has 0 aliphatic rings. The molecular formula is C7H12N4S. The molecule has 12 heavy (non-hydrogen) atoms. The van der Waals surface area contributed by atoms with E-state index < -0.39 is 0 Å². The van der Waals surface area contributed by atoms with Gasteiger partial charge in [0.2, 0.25) is 0 Å². The van der Waals surface area contributed by atoms with Crippen molar-refractivity contribution >= 4 is 17.2 Å². The lowest BCUT2D eigenvalue weighted by atomic mass is 10.4. The van der Waals surface area contributed by atoms with Gasteiger partial charge in [-0.2, -0.15) is 5.10 Å². The van der Waals surface area contributed by atoms with E-state index in [9.17, 15) is 0 Å². The molecule has 0 aromatic carbocycles. The van der Waals surface area contributed by atoms with Crippen LogP contribution < -0.4 is 5.73 Å². The third-order valence-corrected chi connectivity index (χ3v) is 1.61. The zero-order valence-corrected chi connectivity index (χ0v) is 7.84. The first-order chi connectivity index (χ1) is 5.74. The normalized spacial score (nSPS) is 10.1. The number of aromatic nitrogens is 3. The van der Waals surface area contributed by atoms with Gasteiger partial charge >= 0.3 is 0 Å². The molecule has 1 rings (SSSR count). The van der Waals surface area contributed by atoms with Crippen molar-refractivity contribution in [2.45, 2.75) is 26.3 Å². The van der Waals surface area contributed by atoms with Crippen molar-refractivity contribution in [3.8, 4) is 0 Å². The van der Waals surface area contributed by atoms with Crippen LogP contribution in [0, 0.1) is 0 Å². The fraction of sp³-hybridized carbons (Fsp3) is 0.571. The summed E-state index contributed by atoms with van der Waals surface area (Å²) in [6, 6.07) is 0. The van der Waals surface area contributed by atoms with E-state index in [0.29, 0.717) is 11.4 Å². The topological polar surface area (TPSA) is 56.7 Å². The van der Waals surface area contributed by atoms with Gasteiger partial charge in [0.05, 0.1) is 11.4 Å². The van der Waals surface area contributed by atoms with Crippen LogP contribution in [0.4, 0.5) is 0 Å². The Morgan fingerprint density at radius 2 is 2.50 bits per heavy atom. The molecule has 0 atom stereocenters. The van der Waals surface area contributed by atoms with Gasteiger partial charge in [0.1, 0.15) is 12.2 Å². The van der Waals surface area contributed by atoms with E-state index in [2.05, 4.69) is 17.0 Å². The Morgan fingerprint density at radius 1 is 1.75 bits per heavy atom. The van der Waals surface area contributed by atoms with Gasteiger partial charge < -0.3 is 5.73 Å². The van der Waals surface area contributed by atoms with Crippen LogP contribution in [0.5, 0.6) is 0 Å². The van der Waals surface area contributed by atoms with Gasteiger partial charge in [-0.05, 0) is 6.42 Å². The second-order valence-corrected chi connectivity index (χ2v) is 3.07. The summed E-state index contributed by atoms with van der Waals surface area (Å²) in [7, 11) is 0. The molecular weight excluding hydrogens is 172 g/mol. The summed E-state index contributed by atoms with van der Waals surface area (Å²) in [5, 5.41) is 4.05. The summed E-state index contributed by atoms with van der Waals surface area (Å²) in [6.45, 7) is 2.96. The van der Waals surface area contributed by atoms with Gasteiger partial charge in [-0.3, -0.25) is 0 Å². The van der Waals surface area contributed by atoms with Gasteiger partial charge in [-0.1, -0.05) is 19.1 Å². The Hall–Kier alpha value is -0.970. The van der Waals surface area contributed by atoms with E-state index in [-0.39, 0.29) is 0 Å². The molecule has 2 N–H and O–H groups in total. The molecule has 0 aliphatic heterocycles. The minimum atomic E-state index is 0.459. The molecule has 0 spiro atoms. The van der Waals surface area contributed by atoms with Gasteiger partial charge in [0, 0.05) is 6.54 Å². The van der Waals surface area contributed by atoms with E-state index in [1.807, 2.05) is 4.68 Å². The fourth-order valence-electron chi connectivity index (χ4n) is 0.979. The molecule has 5 heteroatoms. The van der Waals surface area contributed by atoms with Crippen molar-refractivity contribution < 1.29 is 0 Å². The maximum atomic E-state index is 5.40. The van der Waals surface area contributed by atoms with Crippen molar-refractivity contribution in [3.63, 3.8) is 0 Å². The van der Waals surface area contributed by atoms with Crippen LogP contribution in [-0.4, -0.2) is 19.8 Å². The minimum Gasteiger partial charge on any atom is -0.393 e. The number of thiocarbonyl (C=S) groups is 1. The first-order valence-electron chi connectivity index (χ1n) is 3.89. The minimum absolute atomic E-state index is 0.459. The van der Waals surface area contributed by atoms with Crippen LogP contribution in [0.15, 0.2) is 6.33 Å². The zero-order chi connectivity index (χ0) is 8.97. The van der Waals surface area contributed by atoms with E-state index in [1.54, 1.807) is 0 Å². The van der Waals surface area contributed by atoms with E-state index in [0.717, 1.165) is 18.8 Å². The average Bonchev–Trinajstić information content (AvgIpc) is 2.37. The van der Waals surface area contributed by atoms with Gasteiger partial charge in [-0.15, -0.1) is 0 Å². The lowest BCUT2D eigenvalue weighted by Crippen LogP contribution is -2.16. The highest BCUT2D eigenvalue weighted by Gasteiger charge is 2.03. The molecule has 0 radical (unpaired) electrons. The smallest absolute Gasteiger partial charge is 0.138 e. The molecule has 1 heterocycles. The second kappa shape index (κ2) is 4.15. The lowest BCUT2D eigenvalue weighted by molar-refractivity contribution is 0.579. The summed E-state index contributed by atoms with van der Waals surface area (Å²) in [6.07, 6.45) is 3.10. The Bertz CT molecular complexity index is 268. The molecule has 1 aromatic heterocycles. The zero-order valence-electron chi connectivity index (χ0n) is 7.03. The quantitative estimate of drug-likeness (QED) is 0.693. The molecule has 66 valence electrons. The van der Waals surface area contributed by atoms with Gasteiger partial charge in [0.15, 0.2) is 0 Å². The highest BCUT2D eigenvalue weighted by molar-refractivity contribution is 7.80. The predicted molar refractivity (Wildman–Crippen MR) is 50.8 cm³/mol. The summed E-state index contributed by atoms with van der Waals surface area (Å²) < 4.78 is 1.83. The van der Waals surface area contributed by atoms with Crippen LogP contribution in [0.1, 0.15) is 19.2 Å². The molecule has 4 nitrogen and oxygen atoms in total. The SMILES string of the molecule is CCCn1ncnc1CC(N)=S. The highest BCUT2D eigenvalue weighted by atomic mass is 32.1. The van der Waals surface area contributed by atoms with Crippen LogP contribution in [0.25, 0.3) is 0 Å². The molecule has 0 saturated heterocycles. The molecule has 0 bridgehead atoms. The molecule has 1 aromatic rings. The highest BCUT2D eigenvalue weighted by Crippen LogP contribution is 1.96.